The zero-order chi connectivity index (χ0) is 21.8. The molecule has 0 aliphatic rings. The molecular formula is C23H23FN6O. The number of hydrogen-bond donors (Lipinski definition) is 4. The number of anilines is 1. The standard InChI is InChI=1S/C23H23FN6O/c24-16-5-3-15(4-6-16)21-20(14-9-12-27-13-10-14)17-7-8-19(28-22(17)30-21)29-23(31)18(26)2-1-11-25/h3-10,12-13,18H,1-2,11,25-26H2,(H2,28,29,30,31). The van der Waals surface area contributed by atoms with Crippen LogP contribution in [0, 0.1) is 5.82 Å². The Bertz CT molecular complexity index is 1190. The van der Waals surface area contributed by atoms with Crippen LogP contribution < -0.4 is 16.8 Å². The Morgan fingerprint density at radius 2 is 1.81 bits per heavy atom. The molecule has 4 rings (SSSR count). The first-order chi connectivity index (χ1) is 15.1. The summed E-state index contributed by atoms with van der Waals surface area (Å²) in [6.45, 7) is 0.484. The van der Waals surface area contributed by atoms with E-state index in [0.29, 0.717) is 30.9 Å². The van der Waals surface area contributed by atoms with Gasteiger partial charge < -0.3 is 21.8 Å². The lowest BCUT2D eigenvalue weighted by Crippen LogP contribution is -2.36. The Labute approximate surface area is 178 Å². The van der Waals surface area contributed by atoms with Gasteiger partial charge in [0.2, 0.25) is 5.91 Å². The van der Waals surface area contributed by atoms with E-state index < -0.39 is 6.04 Å². The van der Waals surface area contributed by atoms with Crippen molar-refractivity contribution >= 4 is 22.8 Å². The number of nitrogens with two attached hydrogens (primary N) is 2. The Morgan fingerprint density at radius 1 is 1.06 bits per heavy atom. The molecule has 0 radical (unpaired) electrons. The molecule has 31 heavy (non-hydrogen) atoms. The largest absolute Gasteiger partial charge is 0.339 e. The maximum absolute atomic E-state index is 13.5. The summed E-state index contributed by atoms with van der Waals surface area (Å²) in [7, 11) is 0. The van der Waals surface area contributed by atoms with Gasteiger partial charge in [-0.1, -0.05) is 0 Å². The number of nitrogens with zero attached hydrogens (tertiary/aromatic N) is 2. The highest BCUT2D eigenvalue weighted by molar-refractivity contribution is 6.03. The number of carbonyl (C=O) groups excluding carboxylic acids is 1. The van der Waals surface area contributed by atoms with Gasteiger partial charge in [0, 0.05) is 23.3 Å². The van der Waals surface area contributed by atoms with E-state index in [1.54, 1.807) is 30.6 Å². The van der Waals surface area contributed by atoms with Gasteiger partial charge in [0.05, 0.1) is 11.7 Å². The fourth-order valence-corrected chi connectivity index (χ4v) is 3.48. The van der Waals surface area contributed by atoms with Crippen molar-refractivity contribution in [2.75, 3.05) is 11.9 Å². The number of H-pyrrole nitrogens is 1. The van der Waals surface area contributed by atoms with Crippen LogP contribution >= 0.6 is 0 Å². The zero-order valence-corrected chi connectivity index (χ0v) is 16.8. The summed E-state index contributed by atoms with van der Waals surface area (Å²) in [5, 5.41) is 3.63. The summed E-state index contributed by atoms with van der Waals surface area (Å²) in [4.78, 5) is 24.3. The predicted molar refractivity (Wildman–Crippen MR) is 120 cm³/mol. The van der Waals surface area contributed by atoms with Gasteiger partial charge in [-0.15, -0.1) is 0 Å². The van der Waals surface area contributed by atoms with Gasteiger partial charge in [0.15, 0.2) is 0 Å². The number of halogens is 1. The van der Waals surface area contributed by atoms with Crippen LogP contribution in [-0.2, 0) is 4.79 Å². The summed E-state index contributed by atoms with van der Waals surface area (Å²) in [6, 6.07) is 13.0. The minimum absolute atomic E-state index is 0.306. The summed E-state index contributed by atoms with van der Waals surface area (Å²) < 4.78 is 13.5. The van der Waals surface area contributed by atoms with Crippen molar-refractivity contribution in [2.45, 2.75) is 18.9 Å². The molecule has 6 N–H and O–H groups in total. The Hall–Kier alpha value is -3.62. The van der Waals surface area contributed by atoms with Gasteiger partial charge in [-0.3, -0.25) is 9.78 Å². The van der Waals surface area contributed by atoms with Crippen molar-refractivity contribution in [2.24, 2.45) is 11.5 Å². The molecule has 7 nitrogen and oxygen atoms in total. The quantitative estimate of drug-likeness (QED) is 0.366. The van der Waals surface area contributed by atoms with E-state index in [4.69, 9.17) is 11.5 Å². The van der Waals surface area contributed by atoms with E-state index in [9.17, 15) is 9.18 Å². The first-order valence-corrected chi connectivity index (χ1v) is 10.0. The van der Waals surface area contributed by atoms with E-state index in [0.717, 1.165) is 27.8 Å². The smallest absolute Gasteiger partial charge is 0.242 e. The molecule has 0 bridgehead atoms. The van der Waals surface area contributed by atoms with Crippen molar-refractivity contribution in [3.63, 3.8) is 0 Å². The zero-order valence-electron chi connectivity index (χ0n) is 16.8. The van der Waals surface area contributed by atoms with Crippen LogP contribution in [0.1, 0.15) is 12.8 Å². The number of pyridine rings is 2. The van der Waals surface area contributed by atoms with Crippen LogP contribution in [0.3, 0.4) is 0 Å². The molecule has 1 aromatic carbocycles. The minimum Gasteiger partial charge on any atom is -0.339 e. The van der Waals surface area contributed by atoms with E-state index in [1.807, 2.05) is 18.2 Å². The van der Waals surface area contributed by atoms with Gasteiger partial charge in [-0.05, 0) is 79.0 Å². The molecule has 1 unspecified atom stereocenters. The van der Waals surface area contributed by atoms with Gasteiger partial charge >= 0.3 is 0 Å². The highest BCUT2D eigenvalue weighted by atomic mass is 19.1. The summed E-state index contributed by atoms with van der Waals surface area (Å²) >= 11 is 0. The van der Waals surface area contributed by atoms with Gasteiger partial charge in [-0.2, -0.15) is 0 Å². The molecule has 8 heteroatoms. The summed E-state index contributed by atoms with van der Waals surface area (Å²) in [5.41, 5.74) is 15.5. The lowest BCUT2D eigenvalue weighted by molar-refractivity contribution is -0.117. The van der Waals surface area contributed by atoms with Crippen LogP contribution in [0.5, 0.6) is 0 Å². The average Bonchev–Trinajstić information content (AvgIpc) is 3.17. The third-order valence-corrected chi connectivity index (χ3v) is 5.07. The average molecular weight is 418 g/mol. The highest BCUT2D eigenvalue weighted by Crippen LogP contribution is 2.38. The van der Waals surface area contributed by atoms with E-state index in [2.05, 4.69) is 20.3 Å². The van der Waals surface area contributed by atoms with Crippen molar-refractivity contribution in [1.29, 1.82) is 0 Å². The molecule has 1 amide bonds. The second-order valence-electron chi connectivity index (χ2n) is 7.24. The van der Waals surface area contributed by atoms with Gasteiger partial charge in [0.25, 0.3) is 0 Å². The van der Waals surface area contributed by atoms with E-state index in [-0.39, 0.29) is 11.7 Å². The number of aromatic nitrogens is 3. The van der Waals surface area contributed by atoms with Crippen LogP contribution in [0.15, 0.2) is 60.9 Å². The van der Waals surface area contributed by atoms with Crippen molar-refractivity contribution < 1.29 is 9.18 Å². The normalized spacial score (nSPS) is 12.1. The predicted octanol–water partition coefficient (Wildman–Crippen LogP) is 3.44. The SMILES string of the molecule is NCCCC(N)C(=O)Nc1ccc2c(-c3ccncc3)c(-c3ccc(F)cc3)[nH]c2n1. The maximum atomic E-state index is 13.5. The molecule has 3 heterocycles. The number of carbonyl (C=O) groups is 1. The highest BCUT2D eigenvalue weighted by Gasteiger charge is 2.18. The molecule has 4 aromatic rings. The van der Waals surface area contributed by atoms with Crippen LogP contribution in [-0.4, -0.2) is 33.4 Å². The first kappa shape index (κ1) is 20.6. The number of benzene rings is 1. The lowest BCUT2D eigenvalue weighted by Gasteiger charge is -2.11. The van der Waals surface area contributed by atoms with E-state index in [1.165, 1.54) is 12.1 Å². The number of rotatable bonds is 7. The molecule has 0 saturated carbocycles. The van der Waals surface area contributed by atoms with Crippen LogP contribution in [0.25, 0.3) is 33.4 Å². The number of hydrogen-bond acceptors (Lipinski definition) is 5. The molecule has 3 aromatic heterocycles. The number of aromatic amines is 1. The molecule has 158 valence electrons. The molecule has 1 atom stereocenters. The molecule has 0 aliphatic heterocycles. The fourth-order valence-electron chi connectivity index (χ4n) is 3.48. The number of nitrogens with one attached hydrogen (secondary N) is 2. The molecule has 0 spiro atoms. The monoisotopic (exact) mass is 418 g/mol. The second-order valence-corrected chi connectivity index (χ2v) is 7.24. The Balaban J connectivity index is 1.75. The second kappa shape index (κ2) is 9.03. The van der Waals surface area contributed by atoms with Gasteiger partial charge in [-0.25, -0.2) is 9.37 Å². The van der Waals surface area contributed by atoms with Crippen LogP contribution in [0.4, 0.5) is 10.2 Å². The Kier molecular flexibility index (Phi) is 6.01. The fraction of sp³-hybridized carbons (Fsp3) is 0.174. The van der Waals surface area contributed by atoms with E-state index >= 15 is 0 Å². The number of fused-ring (bicyclic) bond motifs is 1. The molecule has 0 saturated heterocycles. The summed E-state index contributed by atoms with van der Waals surface area (Å²) in [5.74, 6) is -0.215. The topological polar surface area (TPSA) is 123 Å². The van der Waals surface area contributed by atoms with Crippen molar-refractivity contribution in [3.05, 3.63) is 66.7 Å². The lowest BCUT2D eigenvalue weighted by atomic mass is 10.00. The Morgan fingerprint density at radius 3 is 2.52 bits per heavy atom. The molecule has 0 fully saturated rings. The van der Waals surface area contributed by atoms with Crippen LogP contribution in [0.2, 0.25) is 0 Å². The molecular weight excluding hydrogens is 395 g/mol. The minimum atomic E-state index is -0.646. The first-order valence-electron chi connectivity index (χ1n) is 10.0. The third kappa shape index (κ3) is 4.45. The maximum Gasteiger partial charge on any atom is 0.242 e. The summed E-state index contributed by atoms with van der Waals surface area (Å²) in [6.07, 6.45) is 4.61. The number of amides is 1. The van der Waals surface area contributed by atoms with Gasteiger partial charge in [0.1, 0.15) is 17.3 Å². The third-order valence-electron chi connectivity index (χ3n) is 5.07. The van der Waals surface area contributed by atoms with Crippen molar-refractivity contribution in [1.82, 2.24) is 15.0 Å². The molecule has 0 aliphatic carbocycles. The van der Waals surface area contributed by atoms with Crippen molar-refractivity contribution in [3.8, 4) is 22.4 Å².